The SMILES string of the molecule is CCCCC1OC1CCCCCCCCCCCOC(=O)c1ccccc1. The van der Waals surface area contributed by atoms with Crippen molar-refractivity contribution in [2.75, 3.05) is 6.61 Å². The lowest BCUT2D eigenvalue weighted by molar-refractivity contribution is 0.0497. The Morgan fingerprint density at radius 2 is 1.37 bits per heavy atom. The number of ether oxygens (including phenoxy) is 2. The molecule has 0 amide bonds. The van der Waals surface area contributed by atoms with Gasteiger partial charge >= 0.3 is 5.97 Å². The standard InChI is InChI=1S/C24H38O3/c1-2-3-18-22-23(27-22)19-14-9-7-5-4-6-8-10-15-20-26-24(25)21-16-12-11-13-17-21/h11-13,16-17,22-23H,2-10,14-15,18-20H2,1H3. The summed E-state index contributed by atoms with van der Waals surface area (Å²) in [5.41, 5.74) is 0.641. The molecule has 1 heterocycles. The van der Waals surface area contributed by atoms with Gasteiger partial charge in [-0.15, -0.1) is 0 Å². The van der Waals surface area contributed by atoms with Gasteiger partial charge in [0.05, 0.1) is 24.4 Å². The largest absolute Gasteiger partial charge is 0.462 e. The first-order valence-electron chi connectivity index (χ1n) is 11.2. The molecule has 152 valence electrons. The van der Waals surface area contributed by atoms with Crippen LogP contribution in [-0.4, -0.2) is 24.8 Å². The fraction of sp³-hybridized carbons (Fsp3) is 0.708. The van der Waals surface area contributed by atoms with Gasteiger partial charge in [-0.25, -0.2) is 4.79 Å². The van der Waals surface area contributed by atoms with Gasteiger partial charge in [0.1, 0.15) is 0 Å². The molecule has 3 nitrogen and oxygen atoms in total. The predicted octanol–water partition coefficient (Wildman–Crippen LogP) is 6.70. The van der Waals surface area contributed by atoms with E-state index in [0.717, 1.165) is 12.8 Å². The second-order valence-electron chi connectivity index (χ2n) is 7.83. The molecular formula is C24H38O3. The Kier molecular flexibility index (Phi) is 11.2. The normalized spacial score (nSPS) is 18.4. The third-order valence-corrected chi connectivity index (χ3v) is 5.41. The minimum atomic E-state index is -0.205. The molecule has 27 heavy (non-hydrogen) atoms. The van der Waals surface area contributed by atoms with Crippen LogP contribution in [0, 0.1) is 0 Å². The summed E-state index contributed by atoms with van der Waals surface area (Å²) in [5, 5.41) is 0. The second kappa shape index (κ2) is 13.8. The van der Waals surface area contributed by atoms with E-state index in [0.29, 0.717) is 24.4 Å². The van der Waals surface area contributed by atoms with E-state index in [2.05, 4.69) is 6.92 Å². The summed E-state index contributed by atoms with van der Waals surface area (Å²) in [7, 11) is 0. The topological polar surface area (TPSA) is 38.8 Å². The lowest BCUT2D eigenvalue weighted by Crippen LogP contribution is -2.06. The van der Waals surface area contributed by atoms with Gasteiger partial charge in [0.25, 0.3) is 0 Å². The smallest absolute Gasteiger partial charge is 0.338 e. The zero-order valence-electron chi connectivity index (χ0n) is 17.2. The van der Waals surface area contributed by atoms with Crippen LogP contribution in [0.5, 0.6) is 0 Å². The van der Waals surface area contributed by atoms with Gasteiger partial charge in [0.15, 0.2) is 0 Å². The lowest BCUT2D eigenvalue weighted by atomic mass is 10.0. The fourth-order valence-electron chi connectivity index (χ4n) is 3.60. The average Bonchev–Trinajstić information content (AvgIpc) is 3.46. The molecule has 0 bridgehead atoms. The molecule has 1 aliphatic rings. The zero-order valence-corrected chi connectivity index (χ0v) is 17.2. The first-order chi connectivity index (χ1) is 13.3. The first kappa shape index (κ1) is 21.9. The molecule has 1 aromatic carbocycles. The summed E-state index contributed by atoms with van der Waals surface area (Å²) in [5.74, 6) is -0.205. The molecule has 2 unspecified atom stereocenters. The van der Waals surface area contributed by atoms with Crippen LogP contribution in [0.3, 0.4) is 0 Å². The van der Waals surface area contributed by atoms with Crippen molar-refractivity contribution in [3.05, 3.63) is 35.9 Å². The van der Waals surface area contributed by atoms with E-state index < -0.39 is 0 Å². The van der Waals surface area contributed by atoms with Gasteiger partial charge in [0, 0.05) is 0 Å². The highest BCUT2D eigenvalue weighted by atomic mass is 16.6. The predicted molar refractivity (Wildman–Crippen MR) is 111 cm³/mol. The van der Waals surface area contributed by atoms with Gasteiger partial charge < -0.3 is 9.47 Å². The van der Waals surface area contributed by atoms with E-state index >= 15 is 0 Å². The Morgan fingerprint density at radius 1 is 0.815 bits per heavy atom. The molecule has 3 heteroatoms. The third-order valence-electron chi connectivity index (χ3n) is 5.41. The number of unbranched alkanes of at least 4 members (excludes halogenated alkanes) is 9. The Labute approximate surface area is 165 Å². The number of esters is 1. The molecular weight excluding hydrogens is 336 g/mol. The monoisotopic (exact) mass is 374 g/mol. The maximum atomic E-state index is 11.8. The molecule has 1 aliphatic heterocycles. The molecule has 0 N–H and O–H groups in total. The zero-order chi connectivity index (χ0) is 19.2. The van der Waals surface area contributed by atoms with Crippen LogP contribution < -0.4 is 0 Å². The van der Waals surface area contributed by atoms with Crippen molar-refractivity contribution in [1.29, 1.82) is 0 Å². The maximum Gasteiger partial charge on any atom is 0.338 e. The van der Waals surface area contributed by atoms with Crippen LogP contribution in [0.2, 0.25) is 0 Å². The second-order valence-corrected chi connectivity index (χ2v) is 7.83. The quantitative estimate of drug-likeness (QED) is 0.183. The Balaban J connectivity index is 1.29. The van der Waals surface area contributed by atoms with Gasteiger partial charge in [0.2, 0.25) is 0 Å². The van der Waals surface area contributed by atoms with E-state index in [1.54, 1.807) is 12.1 Å². The highest BCUT2D eigenvalue weighted by Crippen LogP contribution is 2.31. The van der Waals surface area contributed by atoms with Gasteiger partial charge in [-0.3, -0.25) is 0 Å². The van der Waals surface area contributed by atoms with E-state index in [4.69, 9.17) is 9.47 Å². The van der Waals surface area contributed by atoms with Crippen molar-refractivity contribution < 1.29 is 14.3 Å². The number of hydrogen-bond donors (Lipinski definition) is 0. The fourth-order valence-corrected chi connectivity index (χ4v) is 3.60. The highest BCUT2D eigenvalue weighted by molar-refractivity contribution is 5.89. The van der Waals surface area contributed by atoms with E-state index in [1.165, 1.54) is 70.6 Å². The summed E-state index contributed by atoms with van der Waals surface area (Å²) in [6, 6.07) is 9.22. The summed E-state index contributed by atoms with van der Waals surface area (Å²) < 4.78 is 11.0. The first-order valence-corrected chi connectivity index (χ1v) is 11.2. The molecule has 1 saturated heterocycles. The molecule has 0 spiro atoms. The molecule has 2 atom stereocenters. The van der Waals surface area contributed by atoms with Crippen LogP contribution in [0.25, 0.3) is 0 Å². The summed E-state index contributed by atoms with van der Waals surface area (Å²) in [6.45, 7) is 2.79. The Hall–Kier alpha value is -1.35. The number of epoxide rings is 1. The molecule has 0 radical (unpaired) electrons. The number of carbonyl (C=O) groups is 1. The minimum absolute atomic E-state index is 0.205. The molecule has 1 aromatic rings. The number of hydrogen-bond acceptors (Lipinski definition) is 3. The van der Waals surface area contributed by atoms with Crippen molar-refractivity contribution in [2.45, 2.75) is 103 Å². The van der Waals surface area contributed by atoms with Crippen molar-refractivity contribution >= 4 is 5.97 Å². The van der Waals surface area contributed by atoms with Gasteiger partial charge in [-0.2, -0.15) is 0 Å². The van der Waals surface area contributed by atoms with Crippen LogP contribution in [-0.2, 0) is 9.47 Å². The van der Waals surface area contributed by atoms with Crippen LogP contribution in [0.1, 0.15) is 101 Å². The Morgan fingerprint density at radius 3 is 2.00 bits per heavy atom. The number of carbonyl (C=O) groups excluding carboxylic acids is 1. The van der Waals surface area contributed by atoms with E-state index in [9.17, 15) is 4.79 Å². The lowest BCUT2D eigenvalue weighted by Gasteiger charge is -2.05. The molecule has 0 saturated carbocycles. The Bertz CT molecular complexity index is 500. The van der Waals surface area contributed by atoms with Crippen LogP contribution >= 0.6 is 0 Å². The summed E-state index contributed by atoms with van der Waals surface area (Å²) >= 11 is 0. The average molecular weight is 375 g/mol. The summed E-state index contributed by atoms with van der Waals surface area (Å²) in [4.78, 5) is 11.8. The van der Waals surface area contributed by atoms with Crippen LogP contribution in [0.15, 0.2) is 30.3 Å². The molecule has 0 aliphatic carbocycles. The van der Waals surface area contributed by atoms with Crippen molar-refractivity contribution in [2.24, 2.45) is 0 Å². The minimum Gasteiger partial charge on any atom is -0.462 e. The van der Waals surface area contributed by atoms with Crippen molar-refractivity contribution in [1.82, 2.24) is 0 Å². The van der Waals surface area contributed by atoms with Gasteiger partial charge in [-0.05, 0) is 31.4 Å². The van der Waals surface area contributed by atoms with Crippen molar-refractivity contribution in [3.8, 4) is 0 Å². The number of rotatable bonds is 16. The molecule has 1 fully saturated rings. The third kappa shape index (κ3) is 9.95. The maximum absolute atomic E-state index is 11.8. The molecule has 2 rings (SSSR count). The number of benzene rings is 1. The van der Waals surface area contributed by atoms with Gasteiger partial charge in [-0.1, -0.05) is 89.3 Å². The van der Waals surface area contributed by atoms with E-state index in [-0.39, 0.29) is 5.97 Å². The summed E-state index contributed by atoms with van der Waals surface area (Å²) in [6.07, 6.45) is 17.7. The van der Waals surface area contributed by atoms with E-state index in [1.807, 2.05) is 18.2 Å². The van der Waals surface area contributed by atoms with Crippen LogP contribution in [0.4, 0.5) is 0 Å². The van der Waals surface area contributed by atoms with Crippen molar-refractivity contribution in [3.63, 3.8) is 0 Å². The highest BCUT2D eigenvalue weighted by Gasteiger charge is 2.36. The molecule has 0 aromatic heterocycles.